The molecule has 1 aromatic heterocycles. The summed E-state index contributed by atoms with van der Waals surface area (Å²) in [5.41, 5.74) is -0.536. The highest BCUT2D eigenvalue weighted by molar-refractivity contribution is 5.85. The number of benzene rings is 1. The topological polar surface area (TPSA) is 62.7 Å². The van der Waals surface area contributed by atoms with E-state index in [0.717, 1.165) is 35.6 Å². The lowest BCUT2D eigenvalue weighted by Crippen LogP contribution is -2.59. The number of pyridine rings is 1. The smallest absolute Gasteiger partial charge is 0.410 e. The molecule has 1 N–H and O–H groups in total. The van der Waals surface area contributed by atoms with Gasteiger partial charge in [0, 0.05) is 42.7 Å². The van der Waals surface area contributed by atoms with E-state index >= 15 is 0 Å². The van der Waals surface area contributed by atoms with E-state index in [0.29, 0.717) is 12.8 Å². The Bertz CT molecular complexity index is 839. The molecule has 4 rings (SSSR count). The average Bonchev–Trinajstić information content (AvgIpc) is 2.59. The molecule has 2 aliphatic heterocycles. The Kier molecular flexibility index (Phi) is 4.38. The molecule has 2 bridgehead atoms. The van der Waals surface area contributed by atoms with Gasteiger partial charge in [-0.05, 0) is 57.0 Å². The van der Waals surface area contributed by atoms with Gasteiger partial charge in [0.2, 0.25) is 0 Å². The number of fused-ring (bicyclic) bond motifs is 3. The van der Waals surface area contributed by atoms with Crippen LogP contribution in [-0.2, 0) is 10.3 Å². The van der Waals surface area contributed by atoms with Crippen molar-refractivity contribution in [1.29, 1.82) is 0 Å². The van der Waals surface area contributed by atoms with E-state index in [1.165, 1.54) is 0 Å². The fraction of sp³-hybridized carbons (Fsp3) is 0.545. The number of aliphatic hydroxyl groups is 1. The van der Waals surface area contributed by atoms with Crippen molar-refractivity contribution in [3.8, 4) is 0 Å². The first-order valence-electron chi connectivity index (χ1n) is 9.84. The minimum absolute atomic E-state index is 0.00396. The van der Waals surface area contributed by atoms with Crippen LogP contribution < -0.4 is 0 Å². The van der Waals surface area contributed by atoms with Gasteiger partial charge in [0.1, 0.15) is 5.60 Å². The third kappa shape index (κ3) is 3.41. The molecule has 2 saturated heterocycles. The maximum Gasteiger partial charge on any atom is 0.410 e. The molecule has 1 amide bonds. The second kappa shape index (κ2) is 6.48. The lowest BCUT2D eigenvalue weighted by molar-refractivity contribution is -0.0958. The molecule has 2 fully saturated rings. The second-order valence-corrected chi connectivity index (χ2v) is 8.97. The van der Waals surface area contributed by atoms with Crippen LogP contribution in [0.4, 0.5) is 4.79 Å². The fourth-order valence-corrected chi connectivity index (χ4v) is 4.78. The number of carbonyl (C=O) groups is 1. The van der Waals surface area contributed by atoms with Crippen molar-refractivity contribution in [3.05, 3.63) is 42.2 Å². The molecule has 2 atom stereocenters. The minimum atomic E-state index is -0.948. The zero-order valence-corrected chi connectivity index (χ0v) is 16.3. The van der Waals surface area contributed by atoms with E-state index in [1.54, 1.807) is 6.20 Å². The normalized spacial score (nSPS) is 28.2. The molecule has 0 radical (unpaired) electrons. The molecule has 3 heterocycles. The van der Waals surface area contributed by atoms with Crippen LogP contribution in [-0.4, -0.2) is 38.8 Å². The molecule has 0 aliphatic carbocycles. The number of ether oxygens (including phenoxy) is 1. The van der Waals surface area contributed by atoms with Gasteiger partial charge in [0.15, 0.2) is 0 Å². The molecule has 5 nitrogen and oxygen atoms in total. The van der Waals surface area contributed by atoms with Crippen LogP contribution in [0.5, 0.6) is 0 Å². The number of rotatable bonds is 1. The van der Waals surface area contributed by atoms with Crippen molar-refractivity contribution >= 4 is 16.9 Å². The first kappa shape index (κ1) is 18.2. The highest BCUT2D eigenvalue weighted by atomic mass is 16.6. The van der Waals surface area contributed by atoms with Crippen molar-refractivity contribution in [2.45, 2.75) is 76.2 Å². The molecule has 0 spiro atoms. The summed E-state index contributed by atoms with van der Waals surface area (Å²) in [6, 6.07) is 8.02. The number of carbonyl (C=O) groups excluding carboxylic acids is 1. The number of hydrogen-bond donors (Lipinski definition) is 1. The summed E-state index contributed by atoms with van der Waals surface area (Å²) >= 11 is 0. The molecular formula is C22H28N2O3. The van der Waals surface area contributed by atoms with Gasteiger partial charge in [0.25, 0.3) is 0 Å². The second-order valence-electron chi connectivity index (χ2n) is 8.97. The quantitative estimate of drug-likeness (QED) is 0.812. The Morgan fingerprint density at radius 1 is 1.22 bits per heavy atom. The molecule has 27 heavy (non-hydrogen) atoms. The van der Waals surface area contributed by atoms with Crippen LogP contribution in [0.2, 0.25) is 0 Å². The van der Waals surface area contributed by atoms with Crippen molar-refractivity contribution in [2.24, 2.45) is 0 Å². The van der Waals surface area contributed by atoms with Gasteiger partial charge in [0.05, 0.1) is 5.60 Å². The summed E-state index contributed by atoms with van der Waals surface area (Å²) in [6.45, 7) is 5.68. The number of hydrogen-bond acceptors (Lipinski definition) is 4. The van der Waals surface area contributed by atoms with Gasteiger partial charge < -0.3 is 14.7 Å². The molecule has 2 unspecified atom stereocenters. The van der Waals surface area contributed by atoms with Crippen LogP contribution in [0.25, 0.3) is 10.8 Å². The van der Waals surface area contributed by atoms with Gasteiger partial charge in [-0.3, -0.25) is 4.98 Å². The standard InChI is InChI=1S/C22H28N2O3/c1-21(2,3)27-20(25)24-16-7-5-8-17(24)13-22(26,12-16)19-9-4-6-15-10-11-23-14-18(15)19/h4,6,9-11,14,16-17,26H,5,7-8,12-13H2,1-3H3. The zero-order valence-electron chi connectivity index (χ0n) is 16.3. The van der Waals surface area contributed by atoms with E-state index < -0.39 is 11.2 Å². The summed E-state index contributed by atoms with van der Waals surface area (Å²) in [4.78, 5) is 19.0. The molecule has 2 aliphatic rings. The summed E-state index contributed by atoms with van der Waals surface area (Å²) in [7, 11) is 0. The van der Waals surface area contributed by atoms with E-state index in [1.807, 2.05) is 56.1 Å². The van der Waals surface area contributed by atoms with Crippen LogP contribution >= 0.6 is 0 Å². The lowest BCUT2D eigenvalue weighted by Gasteiger charge is -2.52. The molecule has 5 heteroatoms. The molecule has 0 saturated carbocycles. The Morgan fingerprint density at radius 2 is 1.93 bits per heavy atom. The number of aromatic nitrogens is 1. The SMILES string of the molecule is CC(C)(C)OC(=O)N1C2CCCC1CC(O)(c1cccc3ccncc13)C2. The molecule has 2 aromatic rings. The first-order chi connectivity index (χ1) is 12.8. The maximum atomic E-state index is 12.8. The molecular weight excluding hydrogens is 340 g/mol. The van der Waals surface area contributed by atoms with Crippen LogP contribution in [0, 0.1) is 0 Å². The van der Waals surface area contributed by atoms with Crippen molar-refractivity contribution in [3.63, 3.8) is 0 Å². The van der Waals surface area contributed by atoms with E-state index in [-0.39, 0.29) is 18.2 Å². The average molecular weight is 368 g/mol. The highest BCUT2D eigenvalue weighted by Crippen LogP contribution is 2.46. The maximum absolute atomic E-state index is 12.8. The number of amides is 1. The van der Waals surface area contributed by atoms with Gasteiger partial charge in [-0.2, -0.15) is 0 Å². The van der Waals surface area contributed by atoms with Crippen LogP contribution in [0.3, 0.4) is 0 Å². The van der Waals surface area contributed by atoms with E-state index in [2.05, 4.69) is 4.98 Å². The third-order valence-corrected chi connectivity index (χ3v) is 5.80. The summed E-state index contributed by atoms with van der Waals surface area (Å²) < 4.78 is 5.65. The molecule has 1 aromatic carbocycles. The Balaban J connectivity index is 1.67. The van der Waals surface area contributed by atoms with E-state index in [9.17, 15) is 9.90 Å². The van der Waals surface area contributed by atoms with Crippen molar-refractivity contribution < 1.29 is 14.6 Å². The van der Waals surface area contributed by atoms with Crippen molar-refractivity contribution in [1.82, 2.24) is 9.88 Å². The van der Waals surface area contributed by atoms with Crippen LogP contribution in [0.1, 0.15) is 58.4 Å². The number of nitrogens with zero attached hydrogens (tertiary/aromatic N) is 2. The predicted molar refractivity (Wildman–Crippen MR) is 104 cm³/mol. The monoisotopic (exact) mass is 368 g/mol. The minimum Gasteiger partial charge on any atom is -0.444 e. The zero-order chi connectivity index (χ0) is 19.2. The summed E-state index contributed by atoms with van der Waals surface area (Å²) in [5.74, 6) is 0. The van der Waals surface area contributed by atoms with Gasteiger partial charge in [-0.15, -0.1) is 0 Å². The fourth-order valence-electron chi connectivity index (χ4n) is 4.78. The predicted octanol–water partition coefficient (Wildman–Crippen LogP) is 4.37. The van der Waals surface area contributed by atoms with Gasteiger partial charge in [-0.25, -0.2) is 4.79 Å². The third-order valence-electron chi connectivity index (χ3n) is 5.80. The molecule has 144 valence electrons. The van der Waals surface area contributed by atoms with Crippen molar-refractivity contribution in [2.75, 3.05) is 0 Å². The Morgan fingerprint density at radius 3 is 2.59 bits per heavy atom. The first-order valence-corrected chi connectivity index (χ1v) is 9.84. The Hall–Kier alpha value is -2.14. The number of piperidine rings is 2. The lowest BCUT2D eigenvalue weighted by atomic mass is 9.72. The summed E-state index contributed by atoms with van der Waals surface area (Å²) in [5, 5.41) is 13.7. The highest BCUT2D eigenvalue weighted by Gasteiger charge is 2.49. The summed E-state index contributed by atoms with van der Waals surface area (Å²) in [6.07, 6.45) is 7.32. The van der Waals surface area contributed by atoms with Crippen LogP contribution in [0.15, 0.2) is 36.7 Å². The van der Waals surface area contributed by atoms with Gasteiger partial charge >= 0.3 is 6.09 Å². The van der Waals surface area contributed by atoms with E-state index in [4.69, 9.17) is 4.74 Å². The van der Waals surface area contributed by atoms with Gasteiger partial charge in [-0.1, -0.05) is 18.2 Å². The Labute approximate surface area is 160 Å². The largest absolute Gasteiger partial charge is 0.444 e.